The summed E-state index contributed by atoms with van der Waals surface area (Å²) >= 11 is 0. The van der Waals surface area contributed by atoms with Crippen molar-refractivity contribution in [3.05, 3.63) is 24.3 Å². The third-order valence-electron chi connectivity index (χ3n) is 2.96. The molecular weight excluding hydrogens is 318 g/mol. The molecule has 10 heteroatoms. The molecule has 1 aliphatic rings. The Hall–Kier alpha value is -1.04. The lowest BCUT2D eigenvalue weighted by molar-refractivity contribution is 0.0784. The average Bonchev–Trinajstić information content (AvgIpc) is 2.46. The maximum absolute atomic E-state index is 12.1. The molecule has 0 saturated carbocycles. The van der Waals surface area contributed by atoms with Gasteiger partial charge in [-0.25, -0.2) is 26.7 Å². The lowest BCUT2D eigenvalue weighted by Crippen LogP contribution is -2.48. The Morgan fingerprint density at radius 3 is 2.62 bits per heavy atom. The van der Waals surface area contributed by atoms with Gasteiger partial charge in [0.25, 0.3) is 0 Å². The SMILES string of the molecule is NS(=O)(=O)c1cccc(S(=O)(=O)NCC2COCCN2)c1. The molecule has 118 valence electrons. The van der Waals surface area contributed by atoms with Crippen LogP contribution < -0.4 is 15.2 Å². The Labute approximate surface area is 123 Å². The van der Waals surface area contributed by atoms with Crippen molar-refractivity contribution in [3.8, 4) is 0 Å². The summed E-state index contributed by atoms with van der Waals surface area (Å²) < 4.78 is 54.4. The summed E-state index contributed by atoms with van der Waals surface area (Å²) in [4.78, 5) is -0.393. The van der Waals surface area contributed by atoms with Crippen LogP contribution in [0.2, 0.25) is 0 Å². The molecule has 4 N–H and O–H groups in total. The van der Waals surface area contributed by atoms with Crippen molar-refractivity contribution in [1.29, 1.82) is 0 Å². The summed E-state index contributed by atoms with van der Waals surface area (Å²) in [5.41, 5.74) is 0. The zero-order chi connectivity index (χ0) is 15.5. The van der Waals surface area contributed by atoms with Crippen LogP contribution in [0.3, 0.4) is 0 Å². The summed E-state index contributed by atoms with van der Waals surface area (Å²) in [6.45, 7) is 1.83. The minimum Gasteiger partial charge on any atom is -0.378 e. The molecule has 1 aliphatic heterocycles. The van der Waals surface area contributed by atoms with E-state index in [-0.39, 0.29) is 22.4 Å². The molecule has 0 radical (unpaired) electrons. The first-order chi connectivity index (χ1) is 9.79. The molecule has 1 heterocycles. The van der Waals surface area contributed by atoms with Gasteiger partial charge in [0, 0.05) is 19.1 Å². The van der Waals surface area contributed by atoms with Crippen molar-refractivity contribution in [3.63, 3.8) is 0 Å². The molecule has 2 rings (SSSR count). The van der Waals surface area contributed by atoms with E-state index in [0.29, 0.717) is 19.8 Å². The zero-order valence-electron chi connectivity index (χ0n) is 11.2. The van der Waals surface area contributed by atoms with E-state index in [9.17, 15) is 16.8 Å². The van der Waals surface area contributed by atoms with Crippen LogP contribution in [0.25, 0.3) is 0 Å². The normalized spacial score (nSPS) is 20.3. The fourth-order valence-electron chi connectivity index (χ4n) is 1.86. The average molecular weight is 335 g/mol. The summed E-state index contributed by atoms with van der Waals surface area (Å²) in [6.07, 6.45) is 0. The number of hydrogen-bond acceptors (Lipinski definition) is 6. The van der Waals surface area contributed by atoms with Crippen LogP contribution in [0.4, 0.5) is 0 Å². The van der Waals surface area contributed by atoms with E-state index in [2.05, 4.69) is 10.0 Å². The Morgan fingerprint density at radius 1 is 1.29 bits per heavy atom. The number of benzene rings is 1. The van der Waals surface area contributed by atoms with Crippen molar-refractivity contribution in [1.82, 2.24) is 10.0 Å². The predicted octanol–water partition coefficient (Wildman–Crippen LogP) is -1.40. The van der Waals surface area contributed by atoms with Gasteiger partial charge >= 0.3 is 0 Å². The Kier molecular flexibility index (Phi) is 4.96. The van der Waals surface area contributed by atoms with Gasteiger partial charge in [0.1, 0.15) is 0 Å². The third-order valence-corrected chi connectivity index (χ3v) is 5.29. The molecule has 0 spiro atoms. The molecule has 1 unspecified atom stereocenters. The fraction of sp³-hybridized carbons (Fsp3) is 0.455. The molecule has 1 aromatic rings. The summed E-state index contributed by atoms with van der Waals surface area (Å²) in [6, 6.07) is 4.79. The maximum atomic E-state index is 12.1. The molecule has 1 atom stereocenters. The van der Waals surface area contributed by atoms with Gasteiger partial charge in [-0.15, -0.1) is 0 Å². The highest BCUT2D eigenvalue weighted by atomic mass is 32.2. The van der Waals surface area contributed by atoms with Gasteiger partial charge in [-0.05, 0) is 18.2 Å². The van der Waals surface area contributed by atoms with Crippen LogP contribution in [0.5, 0.6) is 0 Å². The largest absolute Gasteiger partial charge is 0.378 e. The summed E-state index contributed by atoms with van der Waals surface area (Å²) in [7, 11) is -7.75. The van der Waals surface area contributed by atoms with E-state index in [1.54, 1.807) is 0 Å². The molecule has 0 amide bonds. The first-order valence-corrected chi connectivity index (χ1v) is 9.26. The van der Waals surface area contributed by atoms with E-state index >= 15 is 0 Å². The van der Waals surface area contributed by atoms with Gasteiger partial charge in [0.2, 0.25) is 20.0 Å². The lowest BCUT2D eigenvalue weighted by atomic mass is 10.3. The van der Waals surface area contributed by atoms with Crippen molar-refractivity contribution < 1.29 is 21.6 Å². The van der Waals surface area contributed by atoms with Crippen LogP contribution in [0, 0.1) is 0 Å². The molecule has 1 aromatic carbocycles. The highest BCUT2D eigenvalue weighted by Crippen LogP contribution is 2.14. The number of nitrogens with two attached hydrogens (primary N) is 1. The van der Waals surface area contributed by atoms with Crippen molar-refractivity contribution >= 4 is 20.0 Å². The van der Waals surface area contributed by atoms with Crippen LogP contribution in [0.1, 0.15) is 0 Å². The van der Waals surface area contributed by atoms with E-state index in [1.165, 1.54) is 18.2 Å². The molecule has 0 aromatic heterocycles. The monoisotopic (exact) mass is 335 g/mol. The van der Waals surface area contributed by atoms with Gasteiger partial charge in [-0.3, -0.25) is 0 Å². The first-order valence-electron chi connectivity index (χ1n) is 6.23. The molecular formula is C11H17N3O5S2. The lowest BCUT2D eigenvalue weighted by Gasteiger charge is -2.23. The van der Waals surface area contributed by atoms with Crippen molar-refractivity contribution in [2.24, 2.45) is 5.14 Å². The van der Waals surface area contributed by atoms with Gasteiger partial charge in [0.15, 0.2) is 0 Å². The Balaban J connectivity index is 2.12. The number of primary sulfonamides is 1. The van der Waals surface area contributed by atoms with E-state index in [0.717, 1.165) is 6.07 Å². The van der Waals surface area contributed by atoms with E-state index in [1.807, 2.05) is 0 Å². The standard InChI is InChI=1S/C11H17N3O5S2/c12-20(15,16)10-2-1-3-11(6-10)21(17,18)14-7-9-8-19-5-4-13-9/h1-3,6,9,13-14H,4-5,7-8H2,(H2,12,15,16). The highest BCUT2D eigenvalue weighted by Gasteiger charge is 2.20. The number of nitrogens with one attached hydrogen (secondary N) is 2. The number of rotatable bonds is 5. The van der Waals surface area contributed by atoms with Crippen LogP contribution in [-0.4, -0.2) is 49.2 Å². The van der Waals surface area contributed by atoms with Crippen molar-refractivity contribution in [2.45, 2.75) is 15.8 Å². The highest BCUT2D eigenvalue weighted by molar-refractivity contribution is 7.90. The summed E-state index contributed by atoms with van der Waals surface area (Å²) in [5.74, 6) is 0. The topological polar surface area (TPSA) is 128 Å². The Bertz CT molecular complexity index is 696. The number of hydrogen-bond donors (Lipinski definition) is 3. The van der Waals surface area contributed by atoms with Crippen LogP contribution in [0.15, 0.2) is 34.1 Å². The number of sulfonamides is 2. The molecule has 1 saturated heterocycles. The molecule has 1 fully saturated rings. The van der Waals surface area contributed by atoms with Gasteiger partial charge < -0.3 is 10.1 Å². The second kappa shape index (κ2) is 6.38. The fourth-order valence-corrected chi connectivity index (χ4v) is 3.62. The second-order valence-electron chi connectivity index (χ2n) is 4.60. The minimum absolute atomic E-state index is 0.116. The van der Waals surface area contributed by atoms with Crippen LogP contribution in [-0.2, 0) is 24.8 Å². The quantitative estimate of drug-likeness (QED) is 0.607. The predicted molar refractivity (Wildman–Crippen MR) is 75.6 cm³/mol. The summed E-state index contributed by atoms with van der Waals surface area (Å²) in [5, 5.41) is 8.10. The maximum Gasteiger partial charge on any atom is 0.240 e. The first kappa shape index (κ1) is 16.3. The van der Waals surface area contributed by atoms with E-state index in [4.69, 9.17) is 9.88 Å². The number of ether oxygens (including phenoxy) is 1. The van der Waals surface area contributed by atoms with Crippen LogP contribution >= 0.6 is 0 Å². The Morgan fingerprint density at radius 2 is 2.00 bits per heavy atom. The molecule has 0 aliphatic carbocycles. The smallest absolute Gasteiger partial charge is 0.240 e. The number of morpholine rings is 1. The van der Waals surface area contributed by atoms with E-state index < -0.39 is 20.0 Å². The minimum atomic E-state index is -3.95. The van der Waals surface area contributed by atoms with Gasteiger partial charge in [-0.2, -0.15) is 0 Å². The molecule has 0 bridgehead atoms. The third kappa shape index (κ3) is 4.46. The second-order valence-corrected chi connectivity index (χ2v) is 7.93. The van der Waals surface area contributed by atoms with Gasteiger partial charge in [-0.1, -0.05) is 6.07 Å². The van der Waals surface area contributed by atoms with Crippen molar-refractivity contribution in [2.75, 3.05) is 26.3 Å². The molecule has 21 heavy (non-hydrogen) atoms. The van der Waals surface area contributed by atoms with Gasteiger partial charge in [0.05, 0.1) is 23.0 Å². The zero-order valence-corrected chi connectivity index (χ0v) is 12.8. The molecule has 8 nitrogen and oxygen atoms in total.